The van der Waals surface area contributed by atoms with Crippen LogP contribution >= 0.6 is 0 Å². The van der Waals surface area contributed by atoms with E-state index in [0.29, 0.717) is 16.8 Å². The lowest BCUT2D eigenvalue weighted by Crippen LogP contribution is -2.27. The molecule has 4 rings (SSSR count). The van der Waals surface area contributed by atoms with Crippen molar-refractivity contribution in [2.24, 2.45) is 0 Å². The number of aryl methyl sites for hydroxylation is 1. The Morgan fingerprint density at radius 2 is 1.79 bits per heavy atom. The van der Waals surface area contributed by atoms with Gasteiger partial charge in [-0.1, -0.05) is 6.07 Å². The third kappa shape index (κ3) is 3.39. The third-order valence-corrected chi connectivity index (χ3v) is 6.18. The molecule has 0 aliphatic rings. The second-order valence-electron chi connectivity index (χ2n) is 6.33. The Hall–Kier alpha value is -3.83. The maximum Gasteiger partial charge on any atom is 0.269 e. The molecule has 29 heavy (non-hydrogen) atoms. The lowest BCUT2D eigenvalue weighted by atomic mass is 10.1. The van der Waals surface area contributed by atoms with Gasteiger partial charge in [-0.3, -0.25) is 4.98 Å². The third-order valence-electron chi connectivity index (χ3n) is 4.47. The van der Waals surface area contributed by atoms with Crippen LogP contribution in [0.3, 0.4) is 0 Å². The summed E-state index contributed by atoms with van der Waals surface area (Å²) in [6.45, 7) is 1.76. The molecule has 0 aliphatic heterocycles. The molecule has 2 aromatic heterocycles. The molecule has 0 unspecified atom stereocenters. The van der Waals surface area contributed by atoms with E-state index in [1.165, 1.54) is 22.9 Å². The van der Waals surface area contributed by atoms with E-state index in [9.17, 15) is 8.42 Å². The number of aromatic nitrogens is 3. The number of benzene rings is 2. The van der Waals surface area contributed by atoms with Crippen molar-refractivity contribution in [1.29, 1.82) is 5.26 Å². The molecule has 2 heterocycles. The normalized spacial score (nSPS) is 11.2. The fraction of sp³-hybridized carbons (Fsp3) is 0.0476. The highest BCUT2D eigenvalue weighted by Crippen LogP contribution is 2.34. The van der Waals surface area contributed by atoms with E-state index in [4.69, 9.17) is 5.26 Å². The molecule has 0 atom stereocenters. The number of nitrogens with zero attached hydrogens (tertiary/aromatic N) is 5. The van der Waals surface area contributed by atoms with Crippen molar-refractivity contribution in [3.05, 3.63) is 84.6 Å². The van der Waals surface area contributed by atoms with Crippen LogP contribution in [0.1, 0.15) is 11.1 Å². The summed E-state index contributed by atoms with van der Waals surface area (Å²) in [6, 6.07) is 15.1. The number of pyridine rings is 1. The van der Waals surface area contributed by atoms with E-state index >= 15 is 0 Å². The maximum atomic E-state index is 13.7. The summed E-state index contributed by atoms with van der Waals surface area (Å²) >= 11 is 0. The molecule has 2 aromatic carbocycles. The quantitative estimate of drug-likeness (QED) is 0.516. The second kappa shape index (κ2) is 7.30. The van der Waals surface area contributed by atoms with E-state index in [1.54, 1.807) is 61.8 Å². The topological polar surface area (TPSA) is 99.8 Å². The van der Waals surface area contributed by atoms with Gasteiger partial charge in [-0.05, 0) is 54.3 Å². The number of sulfonamides is 1. The van der Waals surface area contributed by atoms with Gasteiger partial charge in [-0.15, -0.1) is 0 Å². The minimum atomic E-state index is -4.00. The standard InChI is InChI=1S/C21H15N5O2S/c1-15-10-16(12-22)2-5-20(15)26(21-7-9-24-14-25-21)29(27,28)19-4-3-18-13-23-8-6-17(18)11-19/h2-11,13-14H,1H3. The van der Waals surface area contributed by atoms with Crippen LogP contribution < -0.4 is 4.31 Å². The zero-order valence-corrected chi connectivity index (χ0v) is 16.2. The van der Waals surface area contributed by atoms with Crippen LogP contribution in [0.4, 0.5) is 11.5 Å². The number of rotatable bonds is 4. The molecule has 0 fully saturated rings. The predicted octanol–water partition coefficient (Wildman–Crippen LogP) is 3.73. The minimum Gasteiger partial charge on any atom is -0.264 e. The summed E-state index contributed by atoms with van der Waals surface area (Å²) in [5.74, 6) is 0.211. The van der Waals surface area contributed by atoms with Gasteiger partial charge >= 0.3 is 0 Å². The van der Waals surface area contributed by atoms with Gasteiger partial charge in [-0.2, -0.15) is 5.26 Å². The Balaban J connectivity index is 1.94. The van der Waals surface area contributed by atoms with Crippen LogP contribution in [-0.4, -0.2) is 23.4 Å². The van der Waals surface area contributed by atoms with Crippen molar-refractivity contribution in [3.63, 3.8) is 0 Å². The first-order valence-electron chi connectivity index (χ1n) is 8.66. The summed E-state index contributed by atoms with van der Waals surface area (Å²) < 4.78 is 28.5. The molecule has 0 N–H and O–H groups in total. The molecule has 0 bridgehead atoms. The zero-order chi connectivity index (χ0) is 20.4. The van der Waals surface area contributed by atoms with E-state index in [-0.39, 0.29) is 10.7 Å². The monoisotopic (exact) mass is 401 g/mol. The Morgan fingerprint density at radius 3 is 2.52 bits per heavy atom. The molecule has 0 saturated carbocycles. The molecule has 0 spiro atoms. The van der Waals surface area contributed by atoms with Gasteiger partial charge in [0.1, 0.15) is 6.33 Å². The first-order valence-corrected chi connectivity index (χ1v) is 10.1. The van der Waals surface area contributed by atoms with Crippen LogP contribution in [0.2, 0.25) is 0 Å². The van der Waals surface area contributed by atoms with Crippen molar-refractivity contribution in [1.82, 2.24) is 15.0 Å². The highest BCUT2D eigenvalue weighted by molar-refractivity contribution is 7.93. The van der Waals surface area contributed by atoms with Gasteiger partial charge in [0.05, 0.1) is 22.2 Å². The number of anilines is 2. The number of fused-ring (bicyclic) bond motifs is 1. The smallest absolute Gasteiger partial charge is 0.264 e. The van der Waals surface area contributed by atoms with Crippen molar-refractivity contribution in [3.8, 4) is 6.07 Å². The fourth-order valence-electron chi connectivity index (χ4n) is 3.06. The molecule has 0 radical (unpaired) electrons. The van der Waals surface area contributed by atoms with E-state index in [1.807, 2.05) is 0 Å². The minimum absolute atomic E-state index is 0.124. The number of hydrogen-bond donors (Lipinski definition) is 0. The van der Waals surface area contributed by atoms with Crippen LogP contribution in [-0.2, 0) is 10.0 Å². The summed E-state index contributed by atoms with van der Waals surface area (Å²) in [4.78, 5) is 12.2. The second-order valence-corrected chi connectivity index (χ2v) is 8.12. The summed E-state index contributed by atoms with van der Waals surface area (Å²) in [7, 11) is -4.00. The van der Waals surface area contributed by atoms with Crippen LogP contribution in [0.25, 0.3) is 10.8 Å². The van der Waals surface area contributed by atoms with Gasteiger partial charge in [0.15, 0.2) is 5.82 Å². The molecule has 142 valence electrons. The molecule has 0 aliphatic carbocycles. The molecule has 0 amide bonds. The van der Waals surface area contributed by atoms with Crippen LogP contribution in [0.5, 0.6) is 0 Å². The van der Waals surface area contributed by atoms with Crippen LogP contribution in [0, 0.1) is 18.3 Å². The van der Waals surface area contributed by atoms with E-state index in [0.717, 1.165) is 10.8 Å². The molecular formula is C21H15N5O2S. The molecule has 7 nitrogen and oxygen atoms in total. The molecule has 0 saturated heterocycles. The summed E-state index contributed by atoms with van der Waals surface area (Å²) in [5.41, 5.74) is 1.50. The largest absolute Gasteiger partial charge is 0.269 e. The van der Waals surface area contributed by atoms with Gasteiger partial charge in [0.25, 0.3) is 10.0 Å². The van der Waals surface area contributed by atoms with Gasteiger partial charge in [-0.25, -0.2) is 22.7 Å². The molecule has 8 heteroatoms. The Kier molecular flexibility index (Phi) is 4.66. The van der Waals surface area contributed by atoms with E-state index < -0.39 is 10.0 Å². The Labute approximate surface area is 168 Å². The average molecular weight is 401 g/mol. The van der Waals surface area contributed by atoms with Gasteiger partial charge < -0.3 is 0 Å². The number of nitriles is 1. The van der Waals surface area contributed by atoms with Crippen molar-refractivity contribution in [2.75, 3.05) is 4.31 Å². The van der Waals surface area contributed by atoms with Crippen LogP contribution in [0.15, 0.2) is 78.3 Å². The Morgan fingerprint density at radius 1 is 0.966 bits per heavy atom. The predicted molar refractivity (Wildman–Crippen MR) is 109 cm³/mol. The fourth-order valence-corrected chi connectivity index (χ4v) is 4.60. The maximum absolute atomic E-state index is 13.7. The van der Waals surface area contributed by atoms with Crippen molar-refractivity contribution >= 4 is 32.3 Å². The summed E-state index contributed by atoms with van der Waals surface area (Å²) in [6.07, 6.45) is 6.07. The van der Waals surface area contributed by atoms with E-state index in [2.05, 4.69) is 21.0 Å². The van der Waals surface area contributed by atoms with Gasteiger partial charge in [0, 0.05) is 30.0 Å². The first-order chi connectivity index (χ1) is 14.0. The van der Waals surface area contributed by atoms with Crippen molar-refractivity contribution < 1.29 is 8.42 Å². The Bertz CT molecular complexity index is 1350. The summed E-state index contributed by atoms with van der Waals surface area (Å²) in [5, 5.41) is 10.7. The molecule has 4 aromatic rings. The lowest BCUT2D eigenvalue weighted by molar-refractivity contribution is 0.596. The SMILES string of the molecule is Cc1cc(C#N)ccc1N(c1ccncn1)S(=O)(=O)c1ccc2cnccc2c1. The highest BCUT2D eigenvalue weighted by Gasteiger charge is 2.29. The first kappa shape index (κ1) is 18.5. The lowest BCUT2D eigenvalue weighted by Gasteiger charge is -2.25. The average Bonchev–Trinajstić information content (AvgIpc) is 2.75. The molecular weight excluding hydrogens is 386 g/mol. The zero-order valence-electron chi connectivity index (χ0n) is 15.4. The highest BCUT2D eigenvalue weighted by atomic mass is 32.2. The van der Waals surface area contributed by atoms with Gasteiger partial charge in [0.2, 0.25) is 0 Å². The number of hydrogen-bond acceptors (Lipinski definition) is 6. The van der Waals surface area contributed by atoms with Crippen molar-refractivity contribution in [2.45, 2.75) is 11.8 Å².